The van der Waals surface area contributed by atoms with E-state index in [-0.39, 0.29) is 44.1 Å². The van der Waals surface area contributed by atoms with Gasteiger partial charge in [-0.1, -0.05) is 97.3 Å². The number of ether oxygens (including phenoxy) is 2. The zero-order valence-corrected chi connectivity index (χ0v) is 24.7. The van der Waals surface area contributed by atoms with E-state index < -0.39 is 6.04 Å². The Kier molecular flexibility index (Phi) is 25.7. The Balaban J connectivity index is 4.37. The molecule has 0 saturated heterocycles. The molecular formula is C30H59N3O5. The highest BCUT2D eigenvalue weighted by Gasteiger charge is 2.21. The molecule has 1 atom stereocenters. The molecule has 38 heavy (non-hydrogen) atoms. The molecule has 1 unspecified atom stereocenters. The lowest BCUT2D eigenvalue weighted by Gasteiger charge is -2.25. The number of amides is 1. The third-order valence-corrected chi connectivity index (χ3v) is 6.82. The van der Waals surface area contributed by atoms with Crippen molar-refractivity contribution in [1.82, 2.24) is 4.90 Å². The molecule has 0 rings (SSSR count). The second-order valence-electron chi connectivity index (χ2n) is 10.4. The number of carbonyl (C=O) groups is 3. The van der Waals surface area contributed by atoms with Crippen molar-refractivity contribution >= 4 is 17.8 Å². The average molecular weight is 542 g/mol. The van der Waals surface area contributed by atoms with Gasteiger partial charge in [-0.25, -0.2) is 0 Å². The maximum Gasteiger partial charge on any atom is 0.305 e. The molecule has 224 valence electrons. The minimum Gasteiger partial charge on any atom is -0.464 e. The predicted molar refractivity (Wildman–Crippen MR) is 155 cm³/mol. The van der Waals surface area contributed by atoms with E-state index in [4.69, 9.17) is 20.9 Å². The van der Waals surface area contributed by atoms with E-state index in [9.17, 15) is 14.4 Å². The Morgan fingerprint density at radius 1 is 0.632 bits per heavy atom. The molecule has 0 fully saturated rings. The first kappa shape index (κ1) is 36.3. The molecule has 0 aliphatic rings. The van der Waals surface area contributed by atoms with Crippen LogP contribution in [0.4, 0.5) is 0 Å². The van der Waals surface area contributed by atoms with Crippen molar-refractivity contribution in [3.63, 3.8) is 0 Å². The van der Waals surface area contributed by atoms with Crippen LogP contribution in [0.25, 0.3) is 0 Å². The van der Waals surface area contributed by atoms with Gasteiger partial charge >= 0.3 is 11.9 Å². The molecule has 0 heterocycles. The van der Waals surface area contributed by atoms with Crippen LogP contribution in [-0.4, -0.2) is 61.6 Å². The van der Waals surface area contributed by atoms with Gasteiger partial charge in [-0.2, -0.15) is 0 Å². The molecule has 0 aromatic heterocycles. The van der Waals surface area contributed by atoms with Crippen molar-refractivity contribution in [2.24, 2.45) is 11.5 Å². The number of esters is 2. The molecule has 0 saturated carbocycles. The molecule has 0 radical (unpaired) electrons. The number of carbonyl (C=O) groups excluding carboxylic acids is 3. The summed E-state index contributed by atoms with van der Waals surface area (Å²) in [6.07, 6.45) is 18.9. The zero-order valence-electron chi connectivity index (χ0n) is 24.7. The van der Waals surface area contributed by atoms with E-state index in [1.54, 1.807) is 4.90 Å². The molecule has 8 heteroatoms. The van der Waals surface area contributed by atoms with Crippen molar-refractivity contribution in [3.05, 3.63) is 0 Å². The van der Waals surface area contributed by atoms with Gasteiger partial charge in [0, 0.05) is 12.8 Å². The van der Waals surface area contributed by atoms with Crippen molar-refractivity contribution in [3.8, 4) is 0 Å². The second kappa shape index (κ2) is 26.9. The van der Waals surface area contributed by atoms with E-state index in [1.165, 1.54) is 51.4 Å². The highest BCUT2D eigenvalue weighted by atomic mass is 16.5. The maximum atomic E-state index is 12.9. The predicted octanol–water partition coefficient (Wildman–Crippen LogP) is 5.64. The summed E-state index contributed by atoms with van der Waals surface area (Å²) in [5.74, 6) is -0.688. The van der Waals surface area contributed by atoms with Gasteiger partial charge in [0.25, 0.3) is 0 Å². The van der Waals surface area contributed by atoms with Crippen LogP contribution in [0, 0.1) is 0 Å². The number of hydrogen-bond donors (Lipinski definition) is 2. The van der Waals surface area contributed by atoms with Gasteiger partial charge in [-0.05, 0) is 32.2 Å². The highest BCUT2D eigenvalue weighted by molar-refractivity contribution is 5.81. The standard InChI is InChI=1S/C30H59N3O5/c1-3-5-7-9-11-13-15-20-28(34)37-25-23-33(30(36)27(32)19-17-18-22-31)24-26-38-29(35)21-16-14-12-10-8-6-4-2/h27H,3-26,31-32H2,1-2H3. The summed E-state index contributed by atoms with van der Waals surface area (Å²) >= 11 is 0. The molecule has 0 spiro atoms. The van der Waals surface area contributed by atoms with Crippen LogP contribution in [0.3, 0.4) is 0 Å². The summed E-state index contributed by atoms with van der Waals surface area (Å²) in [6, 6.07) is -0.645. The summed E-state index contributed by atoms with van der Waals surface area (Å²) in [7, 11) is 0. The average Bonchev–Trinajstić information content (AvgIpc) is 2.90. The van der Waals surface area contributed by atoms with Crippen LogP contribution in [-0.2, 0) is 23.9 Å². The van der Waals surface area contributed by atoms with Gasteiger partial charge in [-0.15, -0.1) is 0 Å². The summed E-state index contributed by atoms with van der Waals surface area (Å²) in [5.41, 5.74) is 11.7. The Morgan fingerprint density at radius 2 is 1.05 bits per heavy atom. The van der Waals surface area contributed by atoms with E-state index in [2.05, 4.69) is 13.8 Å². The van der Waals surface area contributed by atoms with Crippen molar-refractivity contribution < 1.29 is 23.9 Å². The molecule has 0 aromatic carbocycles. The number of rotatable bonds is 27. The molecule has 1 amide bonds. The number of nitrogens with two attached hydrogens (primary N) is 2. The minimum absolute atomic E-state index is 0.114. The van der Waals surface area contributed by atoms with Crippen LogP contribution in [0.2, 0.25) is 0 Å². The van der Waals surface area contributed by atoms with Crippen LogP contribution < -0.4 is 11.5 Å². The molecular weight excluding hydrogens is 482 g/mol. The van der Waals surface area contributed by atoms with Gasteiger partial charge in [0.2, 0.25) is 5.91 Å². The van der Waals surface area contributed by atoms with Gasteiger partial charge in [0.1, 0.15) is 13.2 Å². The van der Waals surface area contributed by atoms with E-state index in [0.717, 1.165) is 51.4 Å². The van der Waals surface area contributed by atoms with Gasteiger partial charge in [-0.3, -0.25) is 14.4 Å². The van der Waals surface area contributed by atoms with Crippen LogP contribution in [0.1, 0.15) is 136 Å². The van der Waals surface area contributed by atoms with E-state index in [0.29, 0.717) is 25.8 Å². The minimum atomic E-state index is -0.645. The Hall–Kier alpha value is -1.67. The smallest absolute Gasteiger partial charge is 0.305 e. The van der Waals surface area contributed by atoms with Crippen molar-refractivity contribution in [2.75, 3.05) is 32.8 Å². The number of unbranched alkanes of at least 4 members (excludes halogenated alkanes) is 13. The molecule has 0 aliphatic carbocycles. The number of nitrogens with zero attached hydrogens (tertiary/aromatic N) is 1. The Bertz CT molecular complexity index is 552. The lowest BCUT2D eigenvalue weighted by molar-refractivity contribution is -0.148. The maximum absolute atomic E-state index is 12.9. The summed E-state index contributed by atoms with van der Waals surface area (Å²) in [5, 5.41) is 0. The second-order valence-corrected chi connectivity index (χ2v) is 10.4. The SMILES string of the molecule is CCCCCCCCCC(=O)OCCN(CCOC(=O)CCCCCCCCC)C(=O)C(N)CCCCN. The quantitative estimate of drug-likeness (QED) is 0.102. The van der Waals surface area contributed by atoms with E-state index >= 15 is 0 Å². The lowest BCUT2D eigenvalue weighted by Crippen LogP contribution is -2.46. The molecule has 0 aliphatic heterocycles. The Labute approximate surface area is 232 Å². The summed E-state index contributed by atoms with van der Waals surface area (Å²) in [4.78, 5) is 38.7. The first-order valence-corrected chi connectivity index (χ1v) is 15.5. The van der Waals surface area contributed by atoms with Gasteiger partial charge in [0.15, 0.2) is 0 Å². The third kappa shape index (κ3) is 22.3. The topological polar surface area (TPSA) is 125 Å². The molecule has 0 bridgehead atoms. The Morgan fingerprint density at radius 3 is 1.47 bits per heavy atom. The molecule has 8 nitrogen and oxygen atoms in total. The van der Waals surface area contributed by atoms with Crippen molar-refractivity contribution in [2.45, 2.75) is 142 Å². The molecule has 0 aromatic rings. The third-order valence-electron chi connectivity index (χ3n) is 6.82. The van der Waals surface area contributed by atoms with Crippen LogP contribution in [0.15, 0.2) is 0 Å². The lowest BCUT2D eigenvalue weighted by atomic mass is 10.1. The highest BCUT2D eigenvalue weighted by Crippen LogP contribution is 2.10. The van der Waals surface area contributed by atoms with Crippen molar-refractivity contribution in [1.29, 1.82) is 0 Å². The largest absolute Gasteiger partial charge is 0.464 e. The van der Waals surface area contributed by atoms with Gasteiger partial charge < -0.3 is 25.8 Å². The van der Waals surface area contributed by atoms with Crippen LogP contribution in [0.5, 0.6) is 0 Å². The number of hydrogen-bond acceptors (Lipinski definition) is 7. The monoisotopic (exact) mass is 541 g/mol. The van der Waals surface area contributed by atoms with Gasteiger partial charge in [0.05, 0.1) is 19.1 Å². The first-order valence-electron chi connectivity index (χ1n) is 15.5. The first-order chi connectivity index (χ1) is 18.5. The molecule has 4 N–H and O–H groups in total. The summed E-state index contributed by atoms with van der Waals surface area (Å²) in [6.45, 7) is 5.66. The van der Waals surface area contributed by atoms with Crippen LogP contribution >= 0.6 is 0 Å². The van der Waals surface area contributed by atoms with E-state index in [1.807, 2.05) is 0 Å². The fourth-order valence-corrected chi connectivity index (χ4v) is 4.34. The normalized spacial score (nSPS) is 11.8. The summed E-state index contributed by atoms with van der Waals surface area (Å²) < 4.78 is 10.8. The zero-order chi connectivity index (χ0) is 28.3. The fourth-order valence-electron chi connectivity index (χ4n) is 4.34. The fraction of sp³-hybridized carbons (Fsp3) is 0.900.